The summed E-state index contributed by atoms with van der Waals surface area (Å²) in [6.07, 6.45) is 9.29. The van der Waals surface area contributed by atoms with Gasteiger partial charge in [0.15, 0.2) is 0 Å². The van der Waals surface area contributed by atoms with Crippen LogP contribution < -0.4 is 0 Å². The van der Waals surface area contributed by atoms with E-state index in [4.69, 9.17) is 0 Å². The molecule has 0 aromatic carbocycles. The van der Waals surface area contributed by atoms with Gasteiger partial charge in [0.1, 0.15) is 0 Å². The molecule has 0 spiro atoms. The van der Waals surface area contributed by atoms with Gasteiger partial charge < -0.3 is 0 Å². The third-order valence-electron chi connectivity index (χ3n) is 4.44. The van der Waals surface area contributed by atoms with Crippen LogP contribution in [0.3, 0.4) is 0 Å². The van der Waals surface area contributed by atoms with Gasteiger partial charge in [-0.2, -0.15) is 0 Å². The first kappa shape index (κ1) is 14.3. The van der Waals surface area contributed by atoms with Crippen LogP contribution in [0.25, 0.3) is 0 Å². The first-order valence-corrected chi connectivity index (χ1v) is 9.60. The topological polar surface area (TPSA) is 6.48 Å². The molecule has 2 saturated heterocycles. The van der Waals surface area contributed by atoms with Gasteiger partial charge in [0.05, 0.1) is 6.17 Å². The van der Waals surface area contributed by atoms with Crippen molar-refractivity contribution >= 4 is 9.52 Å². The molecule has 0 radical (unpaired) electrons. The Bertz CT molecular complexity index is 239. The van der Waals surface area contributed by atoms with E-state index in [1.165, 1.54) is 75.9 Å². The number of nitrogens with zero attached hydrogens (tertiary/aromatic N) is 2. The maximum absolute atomic E-state index is 4.07. The number of likely N-dealkylation sites (tertiary alicyclic amines) is 2. The summed E-state index contributed by atoms with van der Waals surface area (Å²) >= 11 is 0. The summed E-state index contributed by atoms with van der Waals surface area (Å²) in [7, 11) is 0.0286. The van der Waals surface area contributed by atoms with E-state index in [0.717, 1.165) is 6.17 Å². The van der Waals surface area contributed by atoms with Gasteiger partial charge in [-0.05, 0) is 65.2 Å². The molecular formula is C15H30N2Si. The van der Waals surface area contributed by atoms with Crippen LogP contribution in [0.1, 0.15) is 45.4 Å². The second-order valence-electron chi connectivity index (χ2n) is 6.17. The molecule has 2 nitrogen and oxygen atoms in total. The van der Waals surface area contributed by atoms with Gasteiger partial charge >= 0.3 is 0 Å². The largest absolute Gasteiger partial charge is 0.288 e. The van der Waals surface area contributed by atoms with Crippen molar-refractivity contribution in [3.63, 3.8) is 0 Å². The summed E-state index contributed by atoms with van der Waals surface area (Å²) in [4.78, 5) is 5.52. The molecule has 0 saturated carbocycles. The zero-order chi connectivity index (χ0) is 12.8. The van der Waals surface area contributed by atoms with E-state index >= 15 is 0 Å². The monoisotopic (exact) mass is 266 g/mol. The van der Waals surface area contributed by atoms with Gasteiger partial charge in [0.2, 0.25) is 0 Å². The SMILES string of the molecule is C=C(C)[SiH2]CCCC(N1CCCC1)N1CCCC1. The second kappa shape index (κ2) is 7.46. The molecule has 2 aliphatic rings. The number of hydrogen-bond acceptors (Lipinski definition) is 2. The molecule has 0 bridgehead atoms. The number of rotatable bonds is 7. The van der Waals surface area contributed by atoms with Crippen molar-refractivity contribution in [2.24, 2.45) is 0 Å². The van der Waals surface area contributed by atoms with E-state index in [-0.39, 0.29) is 9.52 Å². The minimum absolute atomic E-state index is 0.0286. The summed E-state index contributed by atoms with van der Waals surface area (Å²) in [6, 6.07) is 1.47. The highest BCUT2D eigenvalue weighted by atomic mass is 28.2. The highest BCUT2D eigenvalue weighted by Crippen LogP contribution is 2.23. The fourth-order valence-corrected chi connectivity index (χ4v) is 4.57. The van der Waals surface area contributed by atoms with Crippen molar-refractivity contribution in [3.8, 4) is 0 Å². The number of allylic oxidation sites excluding steroid dienone is 1. The lowest BCUT2D eigenvalue weighted by molar-refractivity contribution is 0.0714. The zero-order valence-electron chi connectivity index (χ0n) is 12.2. The van der Waals surface area contributed by atoms with Crippen molar-refractivity contribution in [2.45, 2.75) is 57.7 Å². The Morgan fingerprint density at radius 1 is 1.06 bits per heavy atom. The molecule has 2 heterocycles. The lowest BCUT2D eigenvalue weighted by atomic mass is 10.2. The summed E-state index contributed by atoms with van der Waals surface area (Å²) < 4.78 is 0. The Balaban J connectivity index is 1.78. The van der Waals surface area contributed by atoms with Gasteiger partial charge in [-0.1, -0.05) is 17.7 Å². The molecule has 0 atom stereocenters. The third-order valence-corrected chi connectivity index (χ3v) is 6.15. The van der Waals surface area contributed by atoms with E-state index in [2.05, 4.69) is 23.3 Å². The van der Waals surface area contributed by atoms with Gasteiger partial charge in [0, 0.05) is 9.52 Å². The molecule has 2 fully saturated rings. The van der Waals surface area contributed by atoms with Gasteiger partial charge in [-0.25, -0.2) is 0 Å². The van der Waals surface area contributed by atoms with Crippen molar-refractivity contribution in [2.75, 3.05) is 26.2 Å². The van der Waals surface area contributed by atoms with Crippen LogP contribution in [-0.2, 0) is 0 Å². The average Bonchev–Trinajstić information content (AvgIpc) is 3.01. The maximum atomic E-state index is 4.07. The van der Waals surface area contributed by atoms with Gasteiger partial charge in [0.25, 0.3) is 0 Å². The highest BCUT2D eigenvalue weighted by Gasteiger charge is 2.28. The summed E-state index contributed by atoms with van der Waals surface area (Å²) in [5, 5.41) is 1.48. The van der Waals surface area contributed by atoms with Crippen LogP contribution in [0.5, 0.6) is 0 Å². The zero-order valence-corrected chi connectivity index (χ0v) is 13.6. The summed E-state index contributed by atoms with van der Waals surface area (Å²) in [6.45, 7) is 11.7. The Labute approximate surface area is 115 Å². The molecule has 2 aliphatic heterocycles. The van der Waals surface area contributed by atoms with Gasteiger partial charge in [-0.3, -0.25) is 9.80 Å². The Hall–Kier alpha value is -0.123. The molecule has 2 rings (SSSR count). The Morgan fingerprint density at radius 2 is 1.56 bits per heavy atom. The predicted molar refractivity (Wildman–Crippen MR) is 82.8 cm³/mol. The quantitative estimate of drug-likeness (QED) is 0.516. The molecule has 0 unspecified atom stereocenters. The van der Waals surface area contributed by atoms with Crippen LogP contribution in [0.2, 0.25) is 6.04 Å². The normalized spacial score (nSPS) is 22.8. The Kier molecular flexibility index (Phi) is 5.92. The van der Waals surface area contributed by atoms with Crippen molar-refractivity contribution in [1.29, 1.82) is 0 Å². The molecule has 0 amide bonds. The maximum Gasteiger partial charge on any atom is 0.0622 e. The molecule has 0 aromatic rings. The highest BCUT2D eigenvalue weighted by molar-refractivity contribution is 6.44. The lowest BCUT2D eigenvalue weighted by Crippen LogP contribution is -2.45. The van der Waals surface area contributed by atoms with Crippen LogP contribution in [0, 0.1) is 0 Å². The first-order valence-electron chi connectivity index (χ1n) is 7.90. The minimum Gasteiger partial charge on any atom is -0.288 e. The molecular weight excluding hydrogens is 236 g/mol. The van der Waals surface area contributed by atoms with Gasteiger partial charge in [-0.15, -0.1) is 6.58 Å². The third kappa shape index (κ3) is 4.21. The molecule has 0 aliphatic carbocycles. The second-order valence-corrected chi connectivity index (χ2v) is 8.58. The van der Waals surface area contributed by atoms with E-state index in [9.17, 15) is 0 Å². The molecule has 0 N–H and O–H groups in total. The Morgan fingerprint density at radius 3 is 2.00 bits per heavy atom. The molecule has 3 heteroatoms. The van der Waals surface area contributed by atoms with E-state index in [1.54, 1.807) is 0 Å². The smallest absolute Gasteiger partial charge is 0.0622 e. The standard InChI is InChI=1S/C15H30N2Si/c1-14(2)18-13-7-8-15(16-9-3-4-10-16)17-11-5-6-12-17/h15H,1,3-13,18H2,2H3. The summed E-state index contributed by atoms with van der Waals surface area (Å²) in [5.74, 6) is 0. The lowest BCUT2D eigenvalue weighted by Gasteiger charge is -2.35. The van der Waals surface area contributed by atoms with E-state index in [1.807, 2.05) is 0 Å². The van der Waals surface area contributed by atoms with Crippen molar-refractivity contribution < 1.29 is 0 Å². The minimum atomic E-state index is 0.0286. The van der Waals surface area contributed by atoms with Crippen molar-refractivity contribution in [1.82, 2.24) is 9.80 Å². The van der Waals surface area contributed by atoms with E-state index < -0.39 is 0 Å². The fraction of sp³-hybridized carbons (Fsp3) is 0.867. The predicted octanol–water partition coefficient (Wildman–Crippen LogP) is 2.41. The van der Waals surface area contributed by atoms with Crippen LogP contribution in [0.15, 0.2) is 11.8 Å². The van der Waals surface area contributed by atoms with E-state index in [0.29, 0.717) is 0 Å². The molecule has 18 heavy (non-hydrogen) atoms. The fourth-order valence-electron chi connectivity index (χ4n) is 3.43. The average molecular weight is 267 g/mol. The van der Waals surface area contributed by atoms with Crippen LogP contribution >= 0.6 is 0 Å². The molecule has 0 aromatic heterocycles. The van der Waals surface area contributed by atoms with Crippen LogP contribution in [-0.4, -0.2) is 51.7 Å². The molecule has 104 valence electrons. The van der Waals surface area contributed by atoms with Crippen molar-refractivity contribution in [3.05, 3.63) is 11.8 Å². The first-order chi connectivity index (χ1) is 8.77. The summed E-state index contributed by atoms with van der Waals surface area (Å²) in [5.41, 5.74) is 0. The number of hydrogen-bond donors (Lipinski definition) is 0. The van der Waals surface area contributed by atoms with Crippen LogP contribution in [0.4, 0.5) is 0 Å².